The summed E-state index contributed by atoms with van der Waals surface area (Å²) in [5.41, 5.74) is 4.87. The molecule has 0 radical (unpaired) electrons. The van der Waals surface area contributed by atoms with Crippen LogP contribution in [0.2, 0.25) is 5.02 Å². The molecule has 0 spiro atoms. The Hall–Kier alpha value is -3.12. The van der Waals surface area contributed by atoms with Gasteiger partial charge in [-0.2, -0.15) is 5.10 Å². The number of hydrogen-bond acceptors (Lipinski definition) is 5. The third-order valence-corrected chi connectivity index (χ3v) is 5.74. The average molecular weight is 419 g/mol. The number of aryl methyl sites for hydroxylation is 2. The number of para-hydroxylation sites is 1. The van der Waals surface area contributed by atoms with E-state index in [2.05, 4.69) is 51.3 Å². The maximum Gasteiger partial charge on any atom is 0.197 e. The van der Waals surface area contributed by atoms with E-state index >= 15 is 0 Å². The second-order valence-corrected chi connectivity index (χ2v) is 8.09. The summed E-state index contributed by atoms with van der Waals surface area (Å²) in [7, 11) is 0. The number of halogens is 1. The highest BCUT2D eigenvalue weighted by atomic mass is 35.5. The van der Waals surface area contributed by atoms with Crippen molar-refractivity contribution in [1.82, 2.24) is 19.7 Å². The Kier molecular flexibility index (Phi) is 4.79. The molecule has 5 rings (SSSR count). The number of anilines is 2. The Morgan fingerprint density at radius 1 is 0.767 bits per heavy atom. The summed E-state index contributed by atoms with van der Waals surface area (Å²) in [5.74, 6) is 1.62. The fourth-order valence-electron chi connectivity index (χ4n) is 4.02. The monoisotopic (exact) mass is 418 g/mol. The standard InChI is InChI=1S/C23H23ClN6/c1-16-14-17(2)30(27-16)23-22(25-20-9-8-18(24)15-21(20)26-23)29-12-10-28(11-13-29)19-6-4-3-5-7-19/h3-9,14-15H,10-13H2,1-2H3. The fraction of sp³-hybridized carbons (Fsp3) is 0.261. The van der Waals surface area contributed by atoms with Gasteiger partial charge in [0.25, 0.3) is 0 Å². The van der Waals surface area contributed by atoms with Crippen LogP contribution in [0.4, 0.5) is 11.5 Å². The smallest absolute Gasteiger partial charge is 0.197 e. The fourth-order valence-corrected chi connectivity index (χ4v) is 4.19. The molecule has 0 aliphatic carbocycles. The second-order valence-electron chi connectivity index (χ2n) is 7.65. The van der Waals surface area contributed by atoms with Crippen LogP contribution in [-0.4, -0.2) is 45.9 Å². The van der Waals surface area contributed by atoms with Gasteiger partial charge in [0.05, 0.1) is 16.7 Å². The Bertz CT molecular complexity index is 1200. The van der Waals surface area contributed by atoms with Crippen LogP contribution >= 0.6 is 11.6 Å². The number of aromatic nitrogens is 4. The van der Waals surface area contributed by atoms with E-state index in [9.17, 15) is 0 Å². The van der Waals surface area contributed by atoms with Crippen LogP contribution in [0.15, 0.2) is 54.6 Å². The molecule has 7 heteroatoms. The van der Waals surface area contributed by atoms with Crippen molar-refractivity contribution in [3.05, 3.63) is 71.0 Å². The number of fused-ring (bicyclic) bond motifs is 1. The lowest BCUT2D eigenvalue weighted by Crippen LogP contribution is -2.47. The zero-order valence-electron chi connectivity index (χ0n) is 17.1. The molecule has 0 bridgehead atoms. The Labute approximate surface area is 180 Å². The maximum absolute atomic E-state index is 6.21. The first-order chi connectivity index (χ1) is 14.6. The highest BCUT2D eigenvalue weighted by Crippen LogP contribution is 2.28. The molecule has 30 heavy (non-hydrogen) atoms. The summed E-state index contributed by atoms with van der Waals surface area (Å²) >= 11 is 6.21. The number of piperazine rings is 1. The van der Waals surface area contributed by atoms with Gasteiger partial charge in [0.1, 0.15) is 0 Å². The highest BCUT2D eigenvalue weighted by Gasteiger charge is 2.24. The van der Waals surface area contributed by atoms with Crippen LogP contribution in [0.25, 0.3) is 16.9 Å². The molecule has 0 atom stereocenters. The average Bonchev–Trinajstić information content (AvgIpc) is 3.11. The topological polar surface area (TPSA) is 50.1 Å². The molecule has 0 amide bonds. The summed E-state index contributed by atoms with van der Waals surface area (Å²) < 4.78 is 1.89. The van der Waals surface area contributed by atoms with E-state index in [4.69, 9.17) is 21.6 Å². The van der Waals surface area contributed by atoms with Gasteiger partial charge in [-0.1, -0.05) is 29.8 Å². The molecule has 1 saturated heterocycles. The molecule has 1 fully saturated rings. The van der Waals surface area contributed by atoms with Crippen LogP contribution in [0.5, 0.6) is 0 Å². The van der Waals surface area contributed by atoms with Crippen molar-refractivity contribution in [3.8, 4) is 5.82 Å². The Morgan fingerprint density at radius 2 is 1.47 bits per heavy atom. The van der Waals surface area contributed by atoms with Crippen molar-refractivity contribution in [2.24, 2.45) is 0 Å². The van der Waals surface area contributed by atoms with Crippen LogP contribution in [0.3, 0.4) is 0 Å². The number of nitrogens with zero attached hydrogens (tertiary/aromatic N) is 6. The molecule has 1 aliphatic heterocycles. The predicted molar refractivity (Wildman–Crippen MR) is 122 cm³/mol. The Balaban J connectivity index is 1.54. The number of hydrogen-bond donors (Lipinski definition) is 0. The summed E-state index contributed by atoms with van der Waals surface area (Å²) in [6, 6.07) is 18.3. The van der Waals surface area contributed by atoms with E-state index < -0.39 is 0 Å². The van der Waals surface area contributed by atoms with Crippen LogP contribution in [0, 0.1) is 13.8 Å². The summed E-state index contributed by atoms with van der Waals surface area (Å²) in [4.78, 5) is 14.6. The van der Waals surface area contributed by atoms with Crippen LogP contribution in [-0.2, 0) is 0 Å². The van der Waals surface area contributed by atoms with Gasteiger partial charge in [0, 0.05) is 42.6 Å². The lowest BCUT2D eigenvalue weighted by atomic mass is 10.2. The minimum Gasteiger partial charge on any atom is -0.368 e. The Morgan fingerprint density at radius 3 is 2.17 bits per heavy atom. The van der Waals surface area contributed by atoms with E-state index in [0.717, 1.165) is 60.2 Å². The van der Waals surface area contributed by atoms with Crippen molar-refractivity contribution in [1.29, 1.82) is 0 Å². The van der Waals surface area contributed by atoms with Gasteiger partial charge >= 0.3 is 0 Å². The third kappa shape index (κ3) is 3.48. The minimum absolute atomic E-state index is 0.653. The molecular weight excluding hydrogens is 396 g/mol. The molecule has 2 aromatic heterocycles. The lowest BCUT2D eigenvalue weighted by Gasteiger charge is -2.37. The lowest BCUT2D eigenvalue weighted by molar-refractivity contribution is 0.642. The van der Waals surface area contributed by atoms with E-state index in [0.29, 0.717) is 5.02 Å². The molecule has 2 aromatic carbocycles. The largest absolute Gasteiger partial charge is 0.368 e. The molecule has 3 heterocycles. The van der Waals surface area contributed by atoms with Gasteiger partial charge in [-0.05, 0) is 50.2 Å². The van der Waals surface area contributed by atoms with E-state index in [1.165, 1.54) is 5.69 Å². The minimum atomic E-state index is 0.653. The summed E-state index contributed by atoms with van der Waals surface area (Å²) in [6.45, 7) is 7.64. The van der Waals surface area contributed by atoms with Crippen LogP contribution < -0.4 is 9.80 Å². The zero-order chi connectivity index (χ0) is 20.7. The van der Waals surface area contributed by atoms with Crippen molar-refractivity contribution in [3.63, 3.8) is 0 Å². The molecular formula is C23H23ClN6. The molecule has 0 saturated carbocycles. The summed E-state index contributed by atoms with van der Waals surface area (Å²) in [6.07, 6.45) is 0. The summed E-state index contributed by atoms with van der Waals surface area (Å²) in [5, 5.41) is 5.32. The first kappa shape index (κ1) is 18.9. The molecule has 0 unspecified atom stereocenters. The van der Waals surface area contributed by atoms with Gasteiger partial charge in [0.2, 0.25) is 0 Å². The zero-order valence-corrected chi connectivity index (χ0v) is 17.8. The maximum atomic E-state index is 6.21. The van der Waals surface area contributed by atoms with Gasteiger partial charge in [0.15, 0.2) is 11.6 Å². The van der Waals surface area contributed by atoms with Crippen LogP contribution in [0.1, 0.15) is 11.4 Å². The molecule has 152 valence electrons. The second kappa shape index (κ2) is 7.61. The van der Waals surface area contributed by atoms with Crippen molar-refractivity contribution in [2.45, 2.75) is 13.8 Å². The van der Waals surface area contributed by atoms with Gasteiger partial charge in [-0.15, -0.1) is 0 Å². The molecule has 0 N–H and O–H groups in total. The van der Waals surface area contributed by atoms with Gasteiger partial charge in [-0.25, -0.2) is 14.6 Å². The normalized spacial score (nSPS) is 14.5. The quantitative estimate of drug-likeness (QED) is 0.493. The predicted octanol–water partition coefficient (Wildman–Crippen LogP) is 4.41. The van der Waals surface area contributed by atoms with Crippen molar-refractivity contribution < 1.29 is 0 Å². The van der Waals surface area contributed by atoms with E-state index in [1.54, 1.807) is 0 Å². The van der Waals surface area contributed by atoms with Gasteiger partial charge in [-0.3, -0.25) is 0 Å². The van der Waals surface area contributed by atoms with E-state index in [1.807, 2.05) is 36.7 Å². The van der Waals surface area contributed by atoms with Crippen molar-refractivity contribution >= 4 is 34.1 Å². The first-order valence-corrected chi connectivity index (χ1v) is 10.5. The van der Waals surface area contributed by atoms with Gasteiger partial charge < -0.3 is 9.80 Å². The number of benzene rings is 2. The molecule has 1 aliphatic rings. The van der Waals surface area contributed by atoms with Crippen molar-refractivity contribution in [2.75, 3.05) is 36.0 Å². The molecule has 6 nitrogen and oxygen atoms in total. The number of rotatable bonds is 3. The highest BCUT2D eigenvalue weighted by molar-refractivity contribution is 6.31. The SMILES string of the molecule is Cc1cc(C)n(-c2nc3cc(Cl)ccc3nc2N2CCN(c3ccccc3)CC2)n1. The molecule has 4 aromatic rings. The third-order valence-electron chi connectivity index (χ3n) is 5.50. The first-order valence-electron chi connectivity index (χ1n) is 10.1. The van der Waals surface area contributed by atoms with E-state index in [-0.39, 0.29) is 0 Å².